The third-order valence-electron chi connectivity index (χ3n) is 4.34. The molecule has 1 aliphatic rings. The topological polar surface area (TPSA) is 50.3 Å². The summed E-state index contributed by atoms with van der Waals surface area (Å²) in [6, 6.07) is 17.1. The van der Waals surface area contributed by atoms with E-state index in [1.54, 1.807) is 33.8 Å². The first kappa shape index (κ1) is 16.4. The summed E-state index contributed by atoms with van der Waals surface area (Å²) in [6.07, 6.45) is 0.656. The van der Waals surface area contributed by atoms with E-state index < -0.39 is 10.0 Å². The minimum absolute atomic E-state index is 0.365. The molecule has 1 aliphatic heterocycles. The van der Waals surface area contributed by atoms with Crippen molar-refractivity contribution in [2.24, 2.45) is 0 Å². The fraction of sp³-hybridized carbons (Fsp3) is 0.211. The summed E-state index contributed by atoms with van der Waals surface area (Å²) in [5.74, 6) is 0. The van der Waals surface area contributed by atoms with Crippen molar-refractivity contribution in [1.29, 1.82) is 0 Å². The van der Waals surface area contributed by atoms with Crippen LogP contribution in [0.3, 0.4) is 0 Å². The fourth-order valence-corrected chi connectivity index (χ4v) is 5.73. The normalized spacial score (nSPS) is 15.1. The minimum atomic E-state index is -3.47. The highest BCUT2D eigenvalue weighted by Crippen LogP contribution is 2.33. The third kappa shape index (κ3) is 3.13. The summed E-state index contributed by atoms with van der Waals surface area (Å²) in [7, 11) is -3.47. The van der Waals surface area contributed by atoms with Gasteiger partial charge in [0.15, 0.2) is 0 Å². The highest BCUT2D eigenvalue weighted by molar-refractivity contribution is 7.89. The van der Waals surface area contributed by atoms with Crippen LogP contribution in [0.15, 0.2) is 59.5 Å². The molecule has 0 spiro atoms. The molecule has 0 bridgehead atoms. The van der Waals surface area contributed by atoms with Gasteiger partial charge in [-0.2, -0.15) is 4.31 Å². The third-order valence-corrected chi connectivity index (χ3v) is 7.32. The standard InChI is InChI=1S/C19H18N2O2S2/c1-14-6-5-9-16(12-14)25(22,23)21-11-10-17-18(13-21)24-19(20-17)15-7-3-2-4-8-15/h2-9,12H,10-11,13H2,1H3. The molecule has 3 aromatic rings. The lowest BCUT2D eigenvalue weighted by molar-refractivity contribution is 0.393. The highest BCUT2D eigenvalue weighted by atomic mass is 32.2. The number of rotatable bonds is 3. The number of thiazole rings is 1. The molecule has 0 radical (unpaired) electrons. The van der Waals surface area contributed by atoms with Crippen molar-refractivity contribution in [3.05, 3.63) is 70.7 Å². The lowest BCUT2D eigenvalue weighted by Crippen LogP contribution is -2.35. The molecule has 6 heteroatoms. The Kier molecular flexibility index (Phi) is 4.19. The first-order valence-corrected chi connectivity index (χ1v) is 10.4. The van der Waals surface area contributed by atoms with E-state index in [2.05, 4.69) is 0 Å². The van der Waals surface area contributed by atoms with E-state index in [0.717, 1.165) is 26.7 Å². The zero-order valence-corrected chi connectivity index (χ0v) is 15.5. The Bertz CT molecular complexity index is 1010. The first-order valence-electron chi connectivity index (χ1n) is 8.15. The van der Waals surface area contributed by atoms with Crippen LogP contribution in [0.2, 0.25) is 0 Å². The van der Waals surface area contributed by atoms with Crippen LogP contribution in [-0.4, -0.2) is 24.3 Å². The number of hydrogen-bond acceptors (Lipinski definition) is 4. The zero-order valence-electron chi connectivity index (χ0n) is 13.8. The van der Waals surface area contributed by atoms with Gasteiger partial charge in [-0.05, 0) is 24.6 Å². The summed E-state index contributed by atoms with van der Waals surface area (Å²) in [6.45, 7) is 2.78. The molecule has 0 amide bonds. The molecule has 4 rings (SSSR count). The number of nitrogens with zero attached hydrogens (tertiary/aromatic N) is 2. The van der Waals surface area contributed by atoms with Crippen LogP contribution in [0.4, 0.5) is 0 Å². The number of sulfonamides is 1. The number of benzene rings is 2. The second-order valence-corrected chi connectivity index (χ2v) is 9.18. The molecule has 0 atom stereocenters. The van der Waals surface area contributed by atoms with Crippen molar-refractivity contribution < 1.29 is 8.42 Å². The Morgan fingerprint density at radius 2 is 1.88 bits per heavy atom. The van der Waals surface area contributed by atoms with E-state index in [0.29, 0.717) is 24.4 Å². The van der Waals surface area contributed by atoms with Gasteiger partial charge in [0, 0.05) is 23.4 Å². The van der Waals surface area contributed by atoms with E-state index in [4.69, 9.17) is 4.98 Å². The molecule has 0 fully saturated rings. The monoisotopic (exact) mass is 370 g/mol. The van der Waals surface area contributed by atoms with Gasteiger partial charge in [0.25, 0.3) is 0 Å². The molecule has 2 aromatic carbocycles. The Labute approximate surface area is 151 Å². The van der Waals surface area contributed by atoms with Gasteiger partial charge in [-0.25, -0.2) is 13.4 Å². The molecular formula is C19H18N2O2S2. The molecule has 0 saturated heterocycles. The van der Waals surface area contributed by atoms with Crippen LogP contribution >= 0.6 is 11.3 Å². The Balaban J connectivity index is 1.64. The molecule has 25 heavy (non-hydrogen) atoms. The second-order valence-electron chi connectivity index (χ2n) is 6.16. The number of hydrogen-bond donors (Lipinski definition) is 0. The molecule has 0 saturated carbocycles. The van der Waals surface area contributed by atoms with Crippen molar-refractivity contribution in [3.8, 4) is 10.6 Å². The minimum Gasteiger partial charge on any atom is -0.241 e. The Morgan fingerprint density at radius 1 is 1.08 bits per heavy atom. The summed E-state index contributed by atoms with van der Waals surface area (Å²) in [5.41, 5.74) is 3.05. The Hall–Kier alpha value is -2.02. The average molecular weight is 370 g/mol. The lowest BCUT2D eigenvalue weighted by Gasteiger charge is -2.25. The van der Waals surface area contributed by atoms with E-state index in [9.17, 15) is 8.42 Å². The predicted molar refractivity (Wildman–Crippen MR) is 100 cm³/mol. The van der Waals surface area contributed by atoms with E-state index >= 15 is 0 Å². The zero-order chi connectivity index (χ0) is 17.4. The molecule has 0 unspecified atom stereocenters. The molecule has 4 nitrogen and oxygen atoms in total. The number of fused-ring (bicyclic) bond motifs is 1. The van der Waals surface area contributed by atoms with Crippen molar-refractivity contribution >= 4 is 21.4 Å². The van der Waals surface area contributed by atoms with Gasteiger partial charge in [-0.15, -0.1) is 11.3 Å². The van der Waals surface area contributed by atoms with E-state index in [1.165, 1.54) is 0 Å². The van der Waals surface area contributed by atoms with Crippen LogP contribution in [0.25, 0.3) is 10.6 Å². The summed E-state index contributed by atoms with van der Waals surface area (Å²) >= 11 is 1.59. The SMILES string of the molecule is Cc1cccc(S(=O)(=O)N2CCc3nc(-c4ccccc4)sc3C2)c1. The summed E-state index contributed by atoms with van der Waals surface area (Å²) in [5, 5.41) is 0.959. The van der Waals surface area contributed by atoms with Crippen LogP contribution < -0.4 is 0 Å². The molecule has 2 heterocycles. The lowest BCUT2D eigenvalue weighted by atomic mass is 10.2. The first-order chi connectivity index (χ1) is 12.0. The molecule has 0 aliphatic carbocycles. The molecule has 128 valence electrons. The highest BCUT2D eigenvalue weighted by Gasteiger charge is 2.30. The van der Waals surface area contributed by atoms with Crippen molar-refractivity contribution in [3.63, 3.8) is 0 Å². The van der Waals surface area contributed by atoms with Crippen molar-refractivity contribution in [1.82, 2.24) is 9.29 Å². The van der Waals surface area contributed by atoms with Gasteiger partial charge in [-0.1, -0.05) is 42.5 Å². The largest absolute Gasteiger partial charge is 0.243 e. The van der Waals surface area contributed by atoms with Crippen LogP contribution in [0.5, 0.6) is 0 Å². The van der Waals surface area contributed by atoms with Crippen LogP contribution in [0.1, 0.15) is 16.1 Å². The van der Waals surface area contributed by atoms with Gasteiger partial charge < -0.3 is 0 Å². The maximum Gasteiger partial charge on any atom is 0.243 e. The average Bonchev–Trinajstić information content (AvgIpc) is 3.06. The maximum atomic E-state index is 12.9. The summed E-state index contributed by atoms with van der Waals surface area (Å²) in [4.78, 5) is 6.13. The van der Waals surface area contributed by atoms with Gasteiger partial charge >= 0.3 is 0 Å². The fourth-order valence-electron chi connectivity index (χ4n) is 3.01. The van der Waals surface area contributed by atoms with Gasteiger partial charge in [0.2, 0.25) is 10.0 Å². The van der Waals surface area contributed by atoms with Gasteiger partial charge in [0.05, 0.1) is 17.1 Å². The van der Waals surface area contributed by atoms with Crippen LogP contribution in [-0.2, 0) is 23.0 Å². The number of aryl methyl sites for hydroxylation is 1. The summed E-state index contributed by atoms with van der Waals surface area (Å²) < 4.78 is 27.4. The quantitative estimate of drug-likeness (QED) is 0.703. The van der Waals surface area contributed by atoms with E-state index in [-0.39, 0.29) is 0 Å². The van der Waals surface area contributed by atoms with Crippen LogP contribution in [0, 0.1) is 6.92 Å². The Morgan fingerprint density at radius 3 is 2.64 bits per heavy atom. The molecule has 1 aromatic heterocycles. The maximum absolute atomic E-state index is 12.9. The van der Waals surface area contributed by atoms with E-state index in [1.807, 2.05) is 43.3 Å². The van der Waals surface area contributed by atoms with Gasteiger partial charge in [-0.3, -0.25) is 0 Å². The van der Waals surface area contributed by atoms with Gasteiger partial charge in [0.1, 0.15) is 5.01 Å². The van der Waals surface area contributed by atoms with Crippen molar-refractivity contribution in [2.45, 2.75) is 24.8 Å². The molecule has 0 N–H and O–H groups in total. The second kappa shape index (κ2) is 6.37. The predicted octanol–water partition coefficient (Wildman–Crippen LogP) is 3.87. The number of aromatic nitrogens is 1. The smallest absolute Gasteiger partial charge is 0.241 e. The van der Waals surface area contributed by atoms with Crippen molar-refractivity contribution in [2.75, 3.05) is 6.54 Å². The molecular weight excluding hydrogens is 352 g/mol.